The van der Waals surface area contributed by atoms with Crippen molar-refractivity contribution in [3.63, 3.8) is 0 Å². The van der Waals surface area contributed by atoms with Crippen molar-refractivity contribution >= 4 is 11.8 Å². The van der Waals surface area contributed by atoms with Crippen molar-refractivity contribution in [2.75, 3.05) is 0 Å². The topological polar surface area (TPSA) is 78.2 Å². The fourth-order valence-electron chi connectivity index (χ4n) is 11.0. The van der Waals surface area contributed by atoms with Crippen LogP contribution in [0.5, 0.6) is 0 Å². The summed E-state index contributed by atoms with van der Waals surface area (Å²) >= 11 is 0. The number of fused-ring (bicyclic) bond motifs is 7. The Hall–Kier alpha value is -1.63. The van der Waals surface area contributed by atoms with Crippen LogP contribution in [0, 0.1) is 73.9 Å². The second-order valence-corrected chi connectivity index (χ2v) is 15.1. The van der Waals surface area contributed by atoms with E-state index in [1.807, 2.05) is 0 Å². The van der Waals surface area contributed by atoms with E-state index >= 15 is 0 Å². The van der Waals surface area contributed by atoms with Gasteiger partial charge in [-0.15, -0.1) is 0 Å². The smallest absolute Gasteiger partial charge is 0.306 e. The number of ketones is 1. The molecular weight excluding hydrogens is 434 g/mol. The van der Waals surface area contributed by atoms with E-state index in [2.05, 4.69) is 60.6 Å². The quantitative estimate of drug-likeness (QED) is 0.409. The molecule has 1 N–H and O–H groups in total. The zero-order chi connectivity index (χ0) is 25.8. The first-order valence-electron chi connectivity index (χ1n) is 14.0. The molecule has 5 aliphatic rings. The lowest BCUT2D eigenvalue weighted by molar-refractivity contribution is -0.187. The van der Waals surface area contributed by atoms with Crippen LogP contribution in [0.1, 0.15) is 99.8 Å². The van der Waals surface area contributed by atoms with E-state index in [9.17, 15) is 20.0 Å². The lowest BCUT2D eigenvalue weighted by Crippen LogP contribution is -2.64. The monoisotopic (exact) mass is 479 g/mol. The highest BCUT2D eigenvalue weighted by atomic mass is 16.4. The van der Waals surface area contributed by atoms with Crippen molar-refractivity contribution in [2.45, 2.75) is 99.8 Å². The van der Waals surface area contributed by atoms with E-state index in [0.29, 0.717) is 24.2 Å². The van der Waals surface area contributed by atoms with Crippen molar-refractivity contribution in [1.29, 1.82) is 5.26 Å². The summed E-state index contributed by atoms with van der Waals surface area (Å²) in [5.74, 6) is 0.154. The van der Waals surface area contributed by atoms with Gasteiger partial charge in [0, 0.05) is 5.41 Å². The second kappa shape index (κ2) is 7.45. The molecule has 4 heteroatoms. The number of carboxylic acid groups (broad SMARTS) is 1. The molecule has 4 nitrogen and oxygen atoms in total. The molecule has 35 heavy (non-hydrogen) atoms. The van der Waals surface area contributed by atoms with Gasteiger partial charge in [-0.3, -0.25) is 9.59 Å². The molecule has 4 fully saturated rings. The minimum Gasteiger partial charge on any atom is -0.481 e. The Balaban J connectivity index is 1.58. The van der Waals surface area contributed by atoms with Crippen LogP contribution in [0.4, 0.5) is 0 Å². The summed E-state index contributed by atoms with van der Waals surface area (Å²) in [6.45, 7) is 16.1. The number of carbonyl (C=O) groups is 2. The molecule has 5 rings (SSSR count). The summed E-state index contributed by atoms with van der Waals surface area (Å²) in [5, 5.41) is 20.0. The van der Waals surface area contributed by atoms with Gasteiger partial charge in [-0.1, -0.05) is 60.1 Å². The largest absolute Gasteiger partial charge is 0.481 e. The average Bonchev–Trinajstić information content (AvgIpc) is 2.75. The van der Waals surface area contributed by atoms with Crippen LogP contribution in [-0.2, 0) is 9.59 Å². The minimum absolute atomic E-state index is 0.0396. The van der Waals surface area contributed by atoms with Crippen LogP contribution in [0.25, 0.3) is 0 Å². The Morgan fingerprint density at radius 1 is 1.00 bits per heavy atom. The van der Waals surface area contributed by atoms with Gasteiger partial charge in [0.05, 0.1) is 12.0 Å². The van der Waals surface area contributed by atoms with Gasteiger partial charge in [0.25, 0.3) is 0 Å². The third-order valence-corrected chi connectivity index (χ3v) is 12.7. The zero-order valence-electron chi connectivity index (χ0n) is 22.9. The van der Waals surface area contributed by atoms with Crippen LogP contribution in [0.3, 0.4) is 0 Å². The van der Waals surface area contributed by atoms with Gasteiger partial charge >= 0.3 is 5.97 Å². The molecule has 0 bridgehead atoms. The number of carbonyl (C=O) groups excluding carboxylic acids is 1. The van der Waals surface area contributed by atoms with Crippen LogP contribution in [0.15, 0.2) is 11.6 Å². The summed E-state index contributed by atoms with van der Waals surface area (Å²) in [6, 6.07) is 2.38. The van der Waals surface area contributed by atoms with Crippen molar-refractivity contribution < 1.29 is 14.7 Å². The molecule has 0 aliphatic heterocycles. The fourth-order valence-corrected chi connectivity index (χ4v) is 11.0. The van der Waals surface area contributed by atoms with Crippen LogP contribution in [0.2, 0.25) is 0 Å². The lowest BCUT2D eigenvalue weighted by atomic mass is 9.34. The van der Waals surface area contributed by atoms with Gasteiger partial charge < -0.3 is 5.11 Å². The molecule has 0 spiro atoms. The second-order valence-electron chi connectivity index (χ2n) is 15.1. The van der Waals surface area contributed by atoms with E-state index < -0.39 is 17.3 Å². The Morgan fingerprint density at radius 3 is 2.31 bits per heavy atom. The summed E-state index contributed by atoms with van der Waals surface area (Å²) < 4.78 is 0. The standard InChI is InChI=1S/C31H45NO3/c1-27(2)15-20-19(21(16-27)26(34)35)10-12-30(6)22(20)8-9-24-29(5)14-18(17-32)25(33)28(3,4)23(29)11-13-31(24,30)7/h8,18-21,23-24H,9-16H2,1-7H3,(H,34,35)/t18?,19-,20?,21+,23?,24?,29-,30+,31+/m0/s1. The predicted octanol–water partition coefficient (Wildman–Crippen LogP) is 7.05. The zero-order valence-corrected chi connectivity index (χ0v) is 22.9. The highest BCUT2D eigenvalue weighted by molar-refractivity contribution is 5.89. The van der Waals surface area contributed by atoms with Crippen LogP contribution in [-0.4, -0.2) is 16.9 Å². The van der Waals surface area contributed by atoms with Crippen LogP contribution >= 0.6 is 0 Å². The molecule has 0 saturated heterocycles. The summed E-state index contributed by atoms with van der Waals surface area (Å²) in [5.41, 5.74) is 1.25. The first-order valence-corrected chi connectivity index (χ1v) is 14.0. The number of hydrogen-bond acceptors (Lipinski definition) is 3. The Kier molecular flexibility index (Phi) is 5.33. The van der Waals surface area contributed by atoms with Crippen LogP contribution < -0.4 is 0 Å². The highest BCUT2D eigenvalue weighted by Gasteiger charge is 2.68. The average molecular weight is 480 g/mol. The number of rotatable bonds is 1. The van der Waals surface area contributed by atoms with E-state index in [-0.39, 0.29) is 39.3 Å². The normalized spacial score (nSPS) is 49.9. The SMILES string of the molecule is CC1(C)CC2C3=CCC4[C@@]5(C)CC(C#N)C(=O)C(C)(C)C5CC[C@@]4(C)[C@]3(C)CC[C@@H]2[C@H](C(=O)O)C1. The Morgan fingerprint density at radius 2 is 1.69 bits per heavy atom. The summed E-state index contributed by atoms with van der Waals surface area (Å²) in [4.78, 5) is 25.5. The molecule has 0 aromatic heterocycles. The fraction of sp³-hybridized carbons (Fsp3) is 0.839. The Bertz CT molecular complexity index is 1030. The minimum atomic E-state index is -0.610. The number of nitrogens with zero attached hydrogens (tertiary/aromatic N) is 1. The van der Waals surface area contributed by atoms with Crippen molar-refractivity contribution in [2.24, 2.45) is 62.6 Å². The van der Waals surface area contributed by atoms with Gasteiger partial charge in [-0.05, 0) is 96.7 Å². The molecule has 0 aromatic carbocycles. The van der Waals surface area contributed by atoms with E-state index in [1.165, 1.54) is 0 Å². The van der Waals surface area contributed by atoms with E-state index in [1.54, 1.807) is 5.57 Å². The number of allylic oxidation sites excluding steroid dienone is 2. The van der Waals surface area contributed by atoms with Crippen molar-refractivity contribution in [1.82, 2.24) is 0 Å². The van der Waals surface area contributed by atoms with Gasteiger partial charge in [-0.2, -0.15) is 5.26 Å². The molecule has 0 amide bonds. The molecule has 9 atom stereocenters. The van der Waals surface area contributed by atoms with Gasteiger partial charge in [-0.25, -0.2) is 0 Å². The molecule has 0 heterocycles. The molecule has 192 valence electrons. The molecule has 4 unspecified atom stereocenters. The Labute approximate surface area is 211 Å². The maximum Gasteiger partial charge on any atom is 0.306 e. The van der Waals surface area contributed by atoms with Gasteiger partial charge in [0.2, 0.25) is 0 Å². The number of Topliss-reactive ketones (excluding diaryl/α,β-unsaturated/α-hetero) is 1. The maximum atomic E-state index is 13.2. The van der Waals surface area contributed by atoms with Crippen molar-refractivity contribution in [3.05, 3.63) is 11.6 Å². The molecule has 5 aliphatic carbocycles. The molecule has 4 saturated carbocycles. The number of hydrogen-bond donors (Lipinski definition) is 1. The van der Waals surface area contributed by atoms with Gasteiger partial charge in [0.15, 0.2) is 5.78 Å². The number of carboxylic acids is 1. The number of aliphatic carboxylic acids is 1. The number of nitriles is 1. The first kappa shape index (κ1) is 25.0. The lowest BCUT2D eigenvalue weighted by Gasteiger charge is -2.70. The van der Waals surface area contributed by atoms with E-state index in [0.717, 1.165) is 44.9 Å². The maximum absolute atomic E-state index is 13.2. The predicted molar refractivity (Wildman–Crippen MR) is 136 cm³/mol. The molecule has 0 radical (unpaired) electrons. The third kappa shape index (κ3) is 3.15. The summed E-state index contributed by atoms with van der Waals surface area (Å²) in [6.07, 6.45) is 10.3. The molecule has 0 aromatic rings. The first-order chi connectivity index (χ1) is 16.1. The third-order valence-electron chi connectivity index (χ3n) is 12.7. The summed E-state index contributed by atoms with van der Waals surface area (Å²) in [7, 11) is 0. The van der Waals surface area contributed by atoms with Gasteiger partial charge in [0.1, 0.15) is 5.92 Å². The molecular formula is C31H45NO3. The van der Waals surface area contributed by atoms with E-state index in [4.69, 9.17) is 0 Å². The van der Waals surface area contributed by atoms with Crippen molar-refractivity contribution in [3.8, 4) is 6.07 Å². The highest BCUT2D eigenvalue weighted by Crippen LogP contribution is 2.74.